The molecule has 0 aliphatic heterocycles. The predicted molar refractivity (Wildman–Crippen MR) is 67.8 cm³/mol. The number of amides is 1. The summed E-state index contributed by atoms with van der Waals surface area (Å²) in [5.74, 6) is -1.95. The van der Waals surface area contributed by atoms with E-state index >= 15 is 0 Å². The second-order valence-corrected chi connectivity index (χ2v) is 3.90. The molecule has 1 unspecified atom stereocenters. The van der Waals surface area contributed by atoms with E-state index in [0.29, 0.717) is 0 Å². The number of hydrogen-bond acceptors (Lipinski definition) is 5. The summed E-state index contributed by atoms with van der Waals surface area (Å²) in [6, 6.07) is 7.58. The fourth-order valence-corrected chi connectivity index (χ4v) is 1.28. The average molecular weight is 281 g/mol. The standard InChI is InChI=1S/C13H15NO6/c1-9(15)19-8-11(12(16)17)14-13(18)20-7-10-5-3-2-4-6-10/h2-6,11H,7-8H2,1H3,(H,14,18)(H,16,17). The van der Waals surface area contributed by atoms with Crippen molar-refractivity contribution in [3.05, 3.63) is 35.9 Å². The van der Waals surface area contributed by atoms with Crippen molar-refractivity contribution in [2.75, 3.05) is 6.61 Å². The van der Waals surface area contributed by atoms with E-state index in [9.17, 15) is 14.4 Å². The first-order valence-electron chi connectivity index (χ1n) is 5.82. The van der Waals surface area contributed by atoms with Crippen LogP contribution >= 0.6 is 0 Å². The molecule has 0 aromatic heterocycles. The molecule has 0 aliphatic carbocycles. The quantitative estimate of drug-likeness (QED) is 0.752. The van der Waals surface area contributed by atoms with Crippen LogP contribution in [-0.4, -0.2) is 35.8 Å². The molecular weight excluding hydrogens is 266 g/mol. The number of carboxylic acids is 1. The van der Waals surface area contributed by atoms with Crippen molar-refractivity contribution in [1.29, 1.82) is 0 Å². The van der Waals surface area contributed by atoms with E-state index in [-0.39, 0.29) is 6.61 Å². The summed E-state index contributed by atoms with van der Waals surface area (Å²) >= 11 is 0. The summed E-state index contributed by atoms with van der Waals surface area (Å²) < 4.78 is 9.40. The van der Waals surface area contributed by atoms with Crippen LogP contribution in [-0.2, 0) is 25.7 Å². The second-order valence-electron chi connectivity index (χ2n) is 3.90. The maximum absolute atomic E-state index is 11.4. The molecule has 0 spiro atoms. The zero-order chi connectivity index (χ0) is 15.0. The molecule has 0 heterocycles. The van der Waals surface area contributed by atoms with Gasteiger partial charge in [0.25, 0.3) is 0 Å². The number of hydrogen-bond donors (Lipinski definition) is 2. The first kappa shape index (κ1) is 15.5. The lowest BCUT2D eigenvalue weighted by atomic mass is 10.2. The monoisotopic (exact) mass is 281 g/mol. The summed E-state index contributed by atoms with van der Waals surface area (Å²) in [6.07, 6.45) is -0.895. The molecule has 1 aromatic carbocycles. The van der Waals surface area contributed by atoms with Gasteiger partial charge in [-0.05, 0) is 5.56 Å². The molecule has 0 aliphatic rings. The minimum Gasteiger partial charge on any atom is -0.480 e. The van der Waals surface area contributed by atoms with E-state index in [1.165, 1.54) is 0 Å². The van der Waals surface area contributed by atoms with E-state index in [1.54, 1.807) is 24.3 Å². The highest BCUT2D eigenvalue weighted by Crippen LogP contribution is 2.01. The molecular formula is C13H15NO6. The number of esters is 1. The van der Waals surface area contributed by atoms with Crippen LogP contribution in [0.3, 0.4) is 0 Å². The maximum atomic E-state index is 11.4. The van der Waals surface area contributed by atoms with Crippen LogP contribution in [0, 0.1) is 0 Å². The number of ether oxygens (including phenoxy) is 2. The van der Waals surface area contributed by atoms with Crippen LogP contribution < -0.4 is 5.32 Å². The van der Waals surface area contributed by atoms with Crippen molar-refractivity contribution in [1.82, 2.24) is 5.32 Å². The second kappa shape index (κ2) is 7.78. The third-order valence-electron chi connectivity index (χ3n) is 2.26. The first-order chi connectivity index (χ1) is 9.49. The highest BCUT2D eigenvalue weighted by Gasteiger charge is 2.22. The lowest BCUT2D eigenvalue weighted by Crippen LogP contribution is -2.44. The number of nitrogens with one attached hydrogen (secondary N) is 1. The Bertz CT molecular complexity index is 473. The number of benzene rings is 1. The molecule has 0 saturated carbocycles. The van der Waals surface area contributed by atoms with E-state index in [2.05, 4.69) is 10.1 Å². The van der Waals surface area contributed by atoms with Gasteiger partial charge in [0.2, 0.25) is 0 Å². The summed E-state index contributed by atoms with van der Waals surface area (Å²) in [4.78, 5) is 32.9. The summed E-state index contributed by atoms with van der Waals surface area (Å²) in [7, 11) is 0. The molecule has 7 heteroatoms. The van der Waals surface area contributed by atoms with Crippen LogP contribution in [0.1, 0.15) is 12.5 Å². The van der Waals surface area contributed by atoms with Crippen LogP contribution in [0.15, 0.2) is 30.3 Å². The van der Waals surface area contributed by atoms with Gasteiger partial charge in [0.15, 0.2) is 6.04 Å². The molecule has 0 bridgehead atoms. The molecule has 2 N–H and O–H groups in total. The Hall–Kier alpha value is -2.57. The number of carbonyl (C=O) groups is 3. The van der Waals surface area contributed by atoms with Gasteiger partial charge in [0.05, 0.1) is 0 Å². The Kier molecular flexibility index (Phi) is 6.02. The van der Waals surface area contributed by atoms with Gasteiger partial charge in [0, 0.05) is 6.92 Å². The molecule has 0 saturated heterocycles. The Morgan fingerprint density at radius 1 is 1.20 bits per heavy atom. The average Bonchev–Trinajstić information content (AvgIpc) is 2.41. The lowest BCUT2D eigenvalue weighted by Gasteiger charge is -2.14. The Balaban J connectivity index is 2.41. The van der Waals surface area contributed by atoms with Gasteiger partial charge in [-0.1, -0.05) is 30.3 Å². The number of rotatable bonds is 6. The molecule has 1 rings (SSSR count). The Morgan fingerprint density at radius 3 is 2.40 bits per heavy atom. The summed E-state index contributed by atoms with van der Waals surface area (Å²) in [5.41, 5.74) is 0.773. The number of carbonyl (C=O) groups excluding carboxylic acids is 2. The lowest BCUT2D eigenvalue weighted by molar-refractivity contribution is -0.146. The largest absolute Gasteiger partial charge is 0.480 e. The predicted octanol–water partition coefficient (Wildman–Crippen LogP) is 0.929. The van der Waals surface area contributed by atoms with Crippen LogP contribution in [0.25, 0.3) is 0 Å². The van der Waals surface area contributed by atoms with Crippen molar-refractivity contribution in [3.8, 4) is 0 Å². The fraction of sp³-hybridized carbons (Fsp3) is 0.308. The number of carboxylic acid groups (broad SMARTS) is 1. The van der Waals surface area contributed by atoms with Gasteiger partial charge in [-0.3, -0.25) is 4.79 Å². The smallest absolute Gasteiger partial charge is 0.408 e. The highest BCUT2D eigenvalue weighted by molar-refractivity contribution is 5.80. The van der Waals surface area contributed by atoms with Crippen molar-refractivity contribution in [3.63, 3.8) is 0 Å². The molecule has 0 radical (unpaired) electrons. The third-order valence-corrected chi connectivity index (χ3v) is 2.26. The molecule has 20 heavy (non-hydrogen) atoms. The fourth-order valence-electron chi connectivity index (χ4n) is 1.28. The molecule has 1 aromatic rings. The minimum atomic E-state index is -1.35. The normalized spacial score (nSPS) is 11.2. The van der Waals surface area contributed by atoms with Gasteiger partial charge in [-0.2, -0.15) is 0 Å². The van der Waals surface area contributed by atoms with E-state index in [0.717, 1.165) is 12.5 Å². The van der Waals surface area contributed by atoms with Gasteiger partial charge in [-0.25, -0.2) is 9.59 Å². The molecule has 1 atom stereocenters. The Labute approximate surface area is 115 Å². The van der Waals surface area contributed by atoms with Gasteiger partial charge in [-0.15, -0.1) is 0 Å². The van der Waals surface area contributed by atoms with E-state index in [4.69, 9.17) is 9.84 Å². The van der Waals surface area contributed by atoms with E-state index < -0.39 is 30.7 Å². The van der Waals surface area contributed by atoms with Crippen molar-refractivity contribution < 1.29 is 29.0 Å². The zero-order valence-corrected chi connectivity index (χ0v) is 10.9. The van der Waals surface area contributed by atoms with Crippen molar-refractivity contribution >= 4 is 18.0 Å². The summed E-state index contributed by atoms with van der Waals surface area (Å²) in [5, 5.41) is 11.0. The summed E-state index contributed by atoms with van der Waals surface area (Å²) in [6.45, 7) is 0.713. The molecule has 1 amide bonds. The van der Waals surface area contributed by atoms with Crippen LogP contribution in [0.5, 0.6) is 0 Å². The van der Waals surface area contributed by atoms with Crippen molar-refractivity contribution in [2.24, 2.45) is 0 Å². The zero-order valence-electron chi connectivity index (χ0n) is 10.9. The van der Waals surface area contributed by atoms with Gasteiger partial charge >= 0.3 is 18.0 Å². The van der Waals surface area contributed by atoms with Crippen LogP contribution in [0.2, 0.25) is 0 Å². The highest BCUT2D eigenvalue weighted by atomic mass is 16.6. The van der Waals surface area contributed by atoms with Gasteiger partial charge < -0.3 is 19.9 Å². The van der Waals surface area contributed by atoms with Gasteiger partial charge in [0.1, 0.15) is 13.2 Å². The number of aliphatic carboxylic acids is 1. The first-order valence-corrected chi connectivity index (χ1v) is 5.82. The third kappa shape index (κ3) is 5.85. The van der Waals surface area contributed by atoms with E-state index in [1.807, 2.05) is 6.07 Å². The Morgan fingerprint density at radius 2 is 1.85 bits per heavy atom. The number of alkyl carbamates (subject to hydrolysis) is 1. The minimum absolute atomic E-state index is 0.0204. The topological polar surface area (TPSA) is 102 Å². The SMILES string of the molecule is CC(=O)OCC(NC(=O)OCc1ccccc1)C(=O)O. The molecule has 7 nitrogen and oxygen atoms in total. The van der Waals surface area contributed by atoms with Crippen LogP contribution in [0.4, 0.5) is 4.79 Å². The molecule has 108 valence electrons. The van der Waals surface area contributed by atoms with Crippen molar-refractivity contribution in [2.45, 2.75) is 19.6 Å². The molecule has 0 fully saturated rings. The maximum Gasteiger partial charge on any atom is 0.408 e.